The van der Waals surface area contributed by atoms with E-state index in [1.54, 1.807) is 37.1 Å². The summed E-state index contributed by atoms with van der Waals surface area (Å²) in [6, 6.07) is 8.94. The summed E-state index contributed by atoms with van der Waals surface area (Å²) in [5.41, 5.74) is 1.48. The van der Waals surface area contributed by atoms with Crippen molar-refractivity contribution >= 4 is 11.0 Å². The minimum absolute atomic E-state index is 0.0371. The molecule has 0 atom stereocenters. The molecule has 4 aromatic rings. The largest absolute Gasteiger partial charge is 0.493 e. The molecule has 0 amide bonds. The Morgan fingerprint density at radius 1 is 0.926 bits per heavy atom. The van der Waals surface area contributed by atoms with Gasteiger partial charge in [0.1, 0.15) is 22.7 Å². The van der Waals surface area contributed by atoms with Crippen LogP contribution in [0.2, 0.25) is 0 Å². The molecule has 4 rings (SSSR count). The van der Waals surface area contributed by atoms with Gasteiger partial charge in [0.15, 0.2) is 17.3 Å². The van der Waals surface area contributed by atoms with E-state index in [0.717, 1.165) is 0 Å². The average Bonchev–Trinajstić information content (AvgIpc) is 3.10. The van der Waals surface area contributed by atoms with E-state index in [2.05, 4.69) is 15.1 Å². The van der Waals surface area contributed by atoms with Crippen LogP contribution in [-0.2, 0) is 0 Å². The molecule has 2 aromatic carbocycles. The van der Waals surface area contributed by atoms with Gasteiger partial charge in [-0.25, -0.2) is 23.4 Å². The van der Waals surface area contributed by atoms with Gasteiger partial charge >= 0.3 is 0 Å². The van der Waals surface area contributed by atoms with Crippen LogP contribution in [0.1, 0.15) is 0 Å². The highest BCUT2D eigenvalue weighted by molar-refractivity contribution is 5.77. The summed E-state index contributed by atoms with van der Waals surface area (Å²) in [4.78, 5) is 8.38. The second-order valence-corrected chi connectivity index (χ2v) is 5.66. The van der Waals surface area contributed by atoms with Crippen molar-refractivity contribution in [1.29, 1.82) is 0 Å². The third-order valence-corrected chi connectivity index (χ3v) is 4.12. The summed E-state index contributed by atoms with van der Waals surface area (Å²) in [7, 11) is 3.10. The van der Waals surface area contributed by atoms with Crippen molar-refractivity contribution in [1.82, 2.24) is 19.7 Å². The predicted octanol–water partition coefficient (Wildman–Crippen LogP) is 3.78. The molecule has 0 aliphatic rings. The molecule has 0 spiro atoms. The predicted molar refractivity (Wildman–Crippen MR) is 95.1 cm³/mol. The Balaban J connectivity index is 1.82. The molecule has 0 saturated heterocycles. The van der Waals surface area contributed by atoms with E-state index >= 15 is 0 Å². The summed E-state index contributed by atoms with van der Waals surface area (Å²) in [5.74, 6) is -0.343. The van der Waals surface area contributed by atoms with Crippen molar-refractivity contribution in [3.05, 3.63) is 60.4 Å². The first kappa shape index (κ1) is 16.9. The molecule has 2 aromatic heterocycles. The molecule has 6 nitrogen and oxygen atoms in total. The van der Waals surface area contributed by atoms with Gasteiger partial charge in [-0.1, -0.05) is 6.07 Å². The minimum atomic E-state index is -0.721. The van der Waals surface area contributed by atoms with Crippen LogP contribution in [0.15, 0.2) is 48.8 Å². The first-order valence-corrected chi connectivity index (χ1v) is 8.00. The van der Waals surface area contributed by atoms with Crippen molar-refractivity contribution in [2.75, 3.05) is 14.2 Å². The van der Waals surface area contributed by atoms with Gasteiger partial charge in [0.2, 0.25) is 0 Å². The third-order valence-electron chi connectivity index (χ3n) is 4.12. The number of methoxy groups -OCH3 is 2. The van der Waals surface area contributed by atoms with Crippen LogP contribution in [0, 0.1) is 11.6 Å². The van der Waals surface area contributed by atoms with Crippen LogP contribution in [0.5, 0.6) is 11.5 Å². The Hall–Kier alpha value is -3.55. The Morgan fingerprint density at radius 3 is 2.37 bits per heavy atom. The molecule has 0 aliphatic heterocycles. The first-order chi connectivity index (χ1) is 13.1. The van der Waals surface area contributed by atoms with Crippen LogP contribution in [0.25, 0.3) is 28.1 Å². The summed E-state index contributed by atoms with van der Waals surface area (Å²) in [6.07, 6.45) is 2.99. The highest BCUT2D eigenvalue weighted by Gasteiger charge is 2.16. The SMILES string of the molecule is COc1ccc(-n2ncc3nc(-c4c(F)cccc4F)ncc32)cc1OC. The number of halogens is 2. The van der Waals surface area contributed by atoms with Gasteiger partial charge in [0.25, 0.3) is 0 Å². The number of benzene rings is 2. The number of hydrogen-bond donors (Lipinski definition) is 0. The second-order valence-electron chi connectivity index (χ2n) is 5.66. The molecule has 2 heterocycles. The van der Waals surface area contributed by atoms with Gasteiger partial charge in [-0.2, -0.15) is 5.10 Å². The molecule has 8 heteroatoms. The minimum Gasteiger partial charge on any atom is -0.493 e. The number of fused-ring (bicyclic) bond motifs is 1. The standard InChI is InChI=1S/C19H14F2N4O2/c1-26-16-7-6-11(8-17(16)27-2)25-15-10-22-19(24-14(15)9-23-25)18-12(20)4-3-5-13(18)21/h3-10H,1-2H3. The monoisotopic (exact) mass is 368 g/mol. The Bertz CT molecular complexity index is 1120. The number of rotatable bonds is 4. The second kappa shape index (κ2) is 6.64. The van der Waals surface area contributed by atoms with Gasteiger partial charge in [-0.3, -0.25) is 0 Å². The van der Waals surface area contributed by atoms with Crippen molar-refractivity contribution in [3.8, 4) is 28.6 Å². The van der Waals surface area contributed by atoms with Gasteiger partial charge in [-0.05, 0) is 24.3 Å². The molecule has 0 N–H and O–H groups in total. The van der Waals surface area contributed by atoms with Gasteiger partial charge in [0.05, 0.1) is 37.9 Å². The highest BCUT2D eigenvalue weighted by Crippen LogP contribution is 2.30. The lowest BCUT2D eigenvalue weighted by molar-refractivity contribution is 0.355. The molecule has 27 heavy (non-hydrogen) atoms. The first-order valence-electron chi connectivity index (χ1n) is 8.00. The van der Waals surface area contributed by atoms with Crippen molar-refractivity contribution < 1.29 is 18.3 Å². The highest BCUT2D eigenvalue weighted by atomic mass is 19.1. The molecule has 0 unspecified atom stereocenters. The van der Waals surface area contributed by atoms with Crippen LogP contribution >= 0.6 is 0 Å². The van der Waals surface area contributed by atoms with E-state index in [1.807, 2.05) is 0 Å². The Morgan fingerprint density at radius 2 is 1.67 bits per heavy atom. The third kappa shape index (κ3) is 2.84. The maximum Gasteiger partial charge on any atom is 0.165 e. The summed E-state index contributed by atoms with van der Waals surface area (Å²) in [6.45, 7) is 0. The summed E-state index contributed by atoms with van der Waals surface area (Å²) in [5, 5.41) is 4.31. The fourth-order valence-electron chi connectivity index (χ4n) is 2.82. The molecular formula is C19H14F2N4O2. The van der Waals surface area contributed by atoms with Crippen molar-refractivity contribution in [2.24, 2.45) is 0 Å². The van der Waals surface area contributed by atoms with Crippen molar-refractivity contribution in [3.63, 3.8) is 0 Å². The molecule has 0 saturated carbocycles. The van der Waals surface area contributed by atoms with E-state index in [4.69, 9.17) is 9.47 Å². The molecule has 136 valence electrons. The topological polar surface area (TPSA) is 62.1 Å². The van der Waals surface area contributed by atoms with Gasteiger partial charge in [0, 0.05) is 6.07 Å². The number of aromatic nitrogens is 4. The lowest BCUT2D eigenvalue weighted by atomic mass is 10.2. The zero-order valence-corrected chi connectivity index (χ0v) is 14.5. The molecule has 0 radical (unpaired) electrons. The fraction of sp³-hybridized carbons (Fsp3) is 0.105. The lowest BCUT2D eigenvalue weighted by Gasteiger charge is -2.10. The summed E-state index contributed by atoms with van der Waals surface area (Å²) >= 11 is 0. The number of ether oxygens (including phenoxy) is 2. The molecular weight excluding hydrogens is 354 g/mol. The average molecular weight is 368 g/mol. The van der Waals surface area contributed by atoms with Crippen molar-refractivity contribution in [2.45, 2.75) is 0 Å². The fourth-order valence-corrected chi connectivity index (χ4v) is 2.82. The van der Waals surface area contributed by atoms with E-state index in [9.17, 15) is 8.78 Å². The van der Waals surface area contributed by atoms with E-state index < -0.39 is 11.6 Å². The smallest absolute Gasteiger partial charge is 0.165 e. The number of nitrogens with zero attached hydrogens (tertiary/aromatic N) is 4. The van der Waals surface area contributed by atoms with Gasteiger partial charge < -0.3 is 9.47 Å². The quantitative estimate of drug-likeness (QED) is 0.549. The van der Waals surface area contributed by atoms with Crippen LogP contribution in [0.3, 0.4) is 0 Å². The number of hydrogen-bond acceptors (Lipinski definition) is 5. The lowest BCUT2D eigenvalue weighted by Crippen LogP contribution is -2.00. The summed E-state index contributed by atoms with van der Waals surface area (Å²) < 4.78 is 40.1. The maximum atomic E-state index is 14.0. The van der Waals surface area contributed by atoms with E-state index in [0.29, 0.717) is 28.2 Å². The Labute approximate surface area is 153 Å². The van der Waals surface area contributed by atoms with Crippen LogP contribution in [0.4, 0.5) is 8.78 Å². The maximum absolute atomic E-state index is 14.0. The van der Waals surface area contributed by atoms with Gasteiger partial charge in [-0.15, -0.1) is 0 Å². The zero-order chi connectivity index (χ0) is 19.0. The Kier molecular flexibility index (Phi) is 4.15. The molecule has 0 aliphatic carbocycles. The normalized spacial score (nSPS) is 11.0. The van der Waals surface area contributed by atoms with E-state index in [-0.39, 0.29) is 11.4 Å². The molecule has 0 fully saturated rings. The zero-order valence-electron chi connectivity index (χ0n) is 14.5. The van der Waals surface area contributed by atoms with Crippen LogP contribution < -0.4 is 9.47 Å². The molecule has 0 bridgehead atoms. The van der Waals surface area contributed by atoms with Crippen LogP contribution in [-0.4, -0.2) is 34.0 Å². The van der Waals surface area contributed by atoms with E-state index in [1.165, 1.54) is 30.6 Å².